The van der Waals surface area contributed by atoms with Gasteiger partial charge in [-0.05, 0) is 31.2 Å². The minimum atomic E-state index is 0.0228. The van der Waals surface area contributed by atoms with E-state index in [-0.39, 0.29) is 6.04 Å². The molecule has 20 heavy (non-hydrogen) atoms. The minimum Gasteiger partial charge on any atom is -0.467 e. The van der Waals surface area contributed by atoms with E-state index in [2.05, 4.69) is 16.6 Å². The molecule has 1 aliphatic carbocycles. The van der Waals surface area contributed by atoms with Crippen LogP contribution >= 0.6 is 11.8 Å². The van der Waals surface area contributed by atoms with E-state index in [1.165, 1.54) is 19.3 Å². The van der Waals surface area contributed by atoms with Crippen molar-refractivity contribution in [1.29, 1.82) is 0 Å². The molecule has 0 amide bonds. The second kappa shape index (κ2) is 5.66. The van der Waals surface area contributed by atoms with Crippen LogP contribution in [0.1, 0.15) is 36.9 Å². The topological polar surface area (TPSA) is 43.0 Å². The fourth-order valence-corrected chi connectivity index (χ4v) is 3.67. The van der Waals surface area contributed by atoms with Crippen molar-refractivity contribution in [2.75, 3.05) is 12.8 Å². The van der Waals surface area contributed by atoms with E-state index in [1.54, 1.807) is 6.26 Å². The predicted octanol–water partition coefficient (Wildman–Crippen LogP) is 2.98. The summed E-state index contributed by atoms with van der Waals surface area (Å²) in [5.41, 5.74) is 0. The lowest BCUT2D eigenvalue weighted by molar-refractivity contribution is 0.324. The first-order chi connectivity index (χ1) is 9.74. The van der Waals surface area contributed by atoms with Gasteiger partial charge < -0.3 is 8.98 Å². The van der Waals surface area contributed by atoms with Gasteiger partial charge in [0.25, 0.3) is 0 Å². The predicted molar refractivity (Wildman–Crippen MR) is 81.9 cm³/mol. The summed E-state index contributed by atoms with van der Waals surface area (Å²) in [6, 6.07) is 3.97. The van der Waals surface area contributed by atoms with Crippen LogP contribution in [0.2, 0.25) is 0 Å². The van der Waals surface area contributed by atoms with E-state index in [0.717, 1.165) is 18.1 Å². The molecule has 1 unspecified atom stereocenters. The Balaban J connectivity index is 1.78. The zero-order valence-corrected chi connectivity index (χ0v) is 12.8. The zero-order valence-electron chi connectivity index (χ0n) is 12.0. The standard InChI is InChI=1S/C15H21N3OS/c1-18-9-8-16-14(18)13(12-5-3-10-19-12)17-11-15(20-2)6-4-7-15/h3,5,8-10,13,17H,4,6-7,11H2,1-2H3. The maximum atomic E-state index is 5.60. The Kier molecular flexibility index (Phi) is 3.89. The van der Waals surface area contributed by atoms with E-state index in [1.807, 2.05) is 47.9 Å². The van der Waals surface area contributed by atoms with Gasteiger partial charge in [-0.1, -0.05) is 6.42 Å². The summed E-state index contributed by atoms with van der Waals surface area (Å²) in [6.45, 7) is 0.992. The Hall–Kier alpha value is -1.20. The van der Waals surface area contributed by atoms with Crippen LogP contribution < -0.4 is 5.32 Å². The quantitative estimate of drug-likeness (QED) is 0.888. The first kappa shape index (κ1) is 13.8. The SMILES string of the molecule is CSC1(CNC(c2ccco2)c2nccn2C)CCC1. The van der Waals surface area contributed by atoms with Crippen LogP contribution in [0.25, 0.3) is 0 Å². The number of nitrogens with zero attached hydrogens (tertiary/aromatic N) is 2. The number of aryl methyl sites for hydroxylation is 1. The lowest BCUT2D eigenvalue weighted by atomic mass is 9.84. The molecule has 2 heterocycles. The van der Waals surface area contributed by atoms with Crippen LogP contribution in [0.5, 0.6) is 0 Å². The Morgan fingerprint density at radius 3 is 2.90 bits per heavy atom. The lowest BCUT2D eigenvalue weighted by Crippen LogP contribution is -2.44. The van der Waals surface area contributed by atoms with E-state index >= 15 is 0 Å². The molecule has 5 heteroatoms. The highest BCUT2D eigenvalue weighted by Crippen LogP contribution is 2.42. The Morgan fingerprint density at radius 2 is 2.40 bits per heavy atom. The number of rotatable bonds is 6. The van der Waals surface area contributed by atoms with Crippen LogP contribution in [0, 0.1) is 0 Å². The van der Waals surface area contributed by atoms with Gasteiger partial charge in [-0.3, -0.25) is 5.32 Å². The van der Waals surface area contributed by atoms with Gasteiger partial charge in [0.05, 0.1) is 6.26 Å². The van der Waals surface area contributed by atoms with Crippen LogP contribution in [-0.4, -0.2) is 27.1 Å². The molecule has 108 valence electrons. The molecule has 0 radical (unpaired) electrons. The Bertz CT molecular complexity index is 540. The normalized spacial score (nSPS) is 18.7. The number of furan rings is 1. The highest BCUT2D eigenvalue weighted by Gasteiger charge is 2.37. The molecule has 1 atom stereocenters. The van der Waals surface area contributed by atoms with Gasteiger partial charge in [-0.25, -0.2) is 4.98 Å². The molecule has 1 saturated carbocycles. The molecule has 0 spiro atoms. The van der Waals surface area contributed by atoms with Crippen molar-refractivity contribution in [2.24, 2.45) is 7.05 Å². The van der Waals surface area contributed by atoms with E-state index in [9.17, 15) is 0 Å². The van der Waals surface area contributed by atoms with Gasteiger partial charge in [0.1, 0.15) is 17.6 Å². The van der Waals surface area contributed by atoms with Gasteiger partial charge in [-0.2, -0.15) is 11.8 Å². The van der Waals surface area contributed by atoms with Crippen molar-refractivity contribution in [2.45, 2.75) is 30.1 Å². The summed E-state index contributed by atoms with van der Waals surface area (Å²) in [7, 11) is 2.02. The minimum absolute atomic E-state index is 0.0228. The number of imidazole rings is 1. The second-order valence-electron chi connectivity index (χ2n) is 5.47. The highest BCUT2D eigenvalue weighted by molar-refractivity contribution is 8.00. The van der Waals surface area contributed by atoms with Crippen molar-refractivity contribution in [3.05, 3.63) is 42.4 Å². The summed E-state index contributed by atoms with van der Waals surface area (Å²) in [4.78, 5) is 4.48. The first-order valence-corrected chi connectivity index (χ1v) is 8.26. The van der Waals surface area contributed by atoms with Crippen molar-refractivity contribution in [3.63, 3.8) is 0 Å². The van der Waals surface area contributed by atoms with Gasteiger partial charge in [0.2, 0.25) is 0 Å². The molecule has 0 aromatic carbocycles. The number of aromatic nitrogens is 2. The van der Waals surface area contributed by atoms with Crippen LogP contribution in [0.4, 0.5) is 0 Å². The molecule has 1 aliphatic rings. The molecule has 4 nitrogen and oxygen atoms in total. The average Bonchev–Trinajstić information content (AvgIpc) is 3.05. The maximum absolute atomic E-state index is 5.60. The molecule has 1 fully saturated rings. The van der Waals surface area contributed by atoms with Crippen LogP contribution in [0.3, 0.4) is 0 Å². The molecule has 1 N–H and O–H groups in total. The maximum Gasteiger partial charge on any atom is 0.133 e. The zero-order chi connectivity index (χ0) is 14.0. The summed E-state index contributed by atoms with van der Waals surface area (Å²) in [5, 5.41) is 3.66. The third-order valence-corrected chi connectivity index (χ3v) is 5.69. The largest absolute Gasteiger partial charge is 0.467 e. The second-order valence-corrected chi connectivity index (χ2v) is 6.74. The molecular formula is C15H21N3OS. The van der Waals surface area contributed by atoms with Gasteiger partial charge in [0.15, 0.2) is 0 Å². The molecular weight excluding hydrogens is 270 g/mol. The lowest BCUT2D eigenvalue weighted by Gasteiger charge is -2.41. The first-order valence-electron chi connectivity index (χ1n) is 7.03. The van der Waals surface area contributed by atoms with E-state index in [0.29, 0.717) is 4.75 Å². The molecule has 2 aromatic heterocycles. The van der Waals surface area contributed by atoms with E-state index in [4.69, 9.17) is 4.42 Å². The number of nitrogens with one attached hydrogen (secondary N) is 1. The summed E-state index contributed by atoms with van der Waals surface area (Å²) in [5.74, 6) is 1.92. The molecule has 2 aromatic rings. The van der Waals surface area contributed by atoms with Crippen molar-refractivity contribution >= 4 is 11.8 Å². The number of hydrogen-bond donors (Lipinski definition) is 1. The Morgan fingerprint density at radius 1 is 1.55 bits per heavy atom. The van der Waals surface area contributed by atoms with Gasteiger partial charge in [-0.15, -0.1) is 0 Å². The molecule has 3 rings (SSSR count). The smallest absolute Gasteiger partial charge is 0.133 e. The molecule has 0 aliphatic heterocycles. The van der Waals surface area contributed by atoms with Crippen LogP contribution in [-0.2, 0) is 7.05 Å². The van der Waals surface area contributed by atoms with Crippen molar-refractivity contribution < 1.29 is 4.42 Å². The Labute approximate surface area is 124 Å². The molecule has 0 saturated heterocycles. The number of thioether (sulfide) groups is 1. The van der Waals surface area contributed by atoms with Crippen molar-refractivity contribution in [1.82, 2.24) is 14.9 Å². The fraction of sp³-hybridized carbons (Fsp3) is 0.533. The third-order valence-electron chi connectivity index (χ3n) is 4.27. The van der Waals surface area contributed by atoms with Gasteiger partial charge >= 0.3 is 0 Å². The summed E-state index contributed by atoms with van der Waals surface area (Å²) >= 11 is 1.98. The van der Waals surface area contributed by atoms with E-state index < -0.39 is 0 Å². The summed E-state index contributed by atoms with van der Waals surface area (Å²) < 4.78 is 8.05. The fourth-order valence-electron chi connectivity index (χ4n) is 2.74. The molecule has 0 bridgehead atoms. The highest BCUT2D eigenvalue weighted by atomic mass is 32.2. The number of hydrogen-bond acceptors (Lipinski definition) is 4. The van der Waals surface area contributed by atoms with Crippen molar-refractivity contribution in [3.8, 4) is 0 Å². The monoisotopic (exact) mass is 291 g/mol. The third kappa shape index (κ3) is 2.52. The average molecular weight is 291 g/mol. The summed E-state index contributed by atoms with van der Waals surface area (Å²) in [6.07, 6.45) is 11.7. The van der Waals surface area contributed by atoms with Crippen LogP contribution in [0.15, 0.2) is 35.2 Å². The van der Waals surface area contributed by atoms with Gasteiger partial charge in [0, 0.05) is 30.7 Å².